The van der Waals surface area contributed by atoms with Crippen molar-refractivity contribution in [2.75, 3.05) is 17.3 Å². The van der Waals surface area contributed by atoms with Crippen molar-refractivity contribution in [1.29, 1.82) is 5.26 Å². The van der Waals surface area contributed by atoms with E-state index in [0.29, 0.717) is 23.6 Å². The van der Waals surface area contributed by atoms with Crippen LogP contribution in [0.15, 0.2) is 78.5 Å². The molecule has 3 aromatic rings. The van der Waals surface area contributed by atoms with Gasteiger partial charge in [0.1, 0.15) is 6.33 Å². The summed E-state index contributed by atoms with van der Waals surface area (Å²) in [4.78, 5) is 25.6. The van der Waals surface area contributed by atoms with E-state index in [4.69, 9.17) is 0 Å². The zero-order chi connectivity index (χ0) is 24.1. The number of hydrogen-bond acceptors (Lipinski definition) is 7. The van der Waals surface area contributed by atoms with Crippen molar-refractivity contribution in [1.82, 2.24) is 15.0 Å². The fourth-order valence-electron chi connectivity index (χ4n) is 3.46. The number of aliphatic imine (C=N–C) groups is 1. The minimum atomic E-state index is -0.677. The largest absolute Gasteiger partial charge is 0.322 e. The third kappa shape index (κ3) is 4.94. The minimum absolute atomic E-state index is 0.241. The lowest BCUT2D eigenvalue weighted by Gasteiger charge is -2.29. The molecule has 0 unspecified atom stereocenters. The smallest absolute Gasteiger partial charge is 0.255 e. The van der Waals surface area contributed by atoms with Gasteiger partial charge in [0.15, 0.2) is 5.84 Å². The second-order valence-electron chi connectivity index (χ2n) is 8.49. The molecule has 1 aliphatic rings. The molecule has 0 saturated heterocycles. The van der Waals surface area contributed by atoms with Crippen molar-refractivity contribution in [3.05, 3.63) is 95.7 Å². The quantitative estimate of drug-likeness (QED) is 0.574. The lowest BCUT2D eigenvalue weighted by Crippen LogP contribution is -2.38. The number of amides is 1. The molecule has 0 radical (unpaired) electrons. The van der Waals surface area contributed by atoms with Gasteiger partial charge in [-0.25, -0.2) is 15.0 Å². The fourth-order valence-corrected chi connectivity index (χ4v) is 3.46. The fraction of sp³-hybridized carbons (Fsp3) is 0.192. The predicted molar refractivity (Wildman–Crippen MR) is 132 cm³/mol. The molecule has 2 heterocycles. The van der Waals surface area contributed by atoms with Gasteiger partial charge in [-0.2, -0.15) is 5.26 Å². The highest BCUT2D eigenvalue weighted by molar-refractivity contribution is 6.05. The molecular weight excluding hydrogens is 426 g/mol. The van der Waals surface area contributed by atoms with E-state index in [2.05, 4.69) is 31.8 Å². The molecule has 0 bridgehead atoms. The van der Waals surface area contributed by atoms with Gasteiger partial charge in [-0.05, 0) is 62.2 Å². The molecule has 4 rings (SSSR count). The van der Waals surface area contributed by atoms with Crippen molar-refractivity contribution in [3.8, 4) is 6.07 Å². The third-order valence-electron chi connectivity index (χ3n) is 5.54. The van der Waals surface area contributed by atoms with E-state index < -0.39 is 5.41 Å². The SMILES string of the molecule is Cc1ccc(NC(=O)c2cccc(C(C)(C)C#N)c2)cc1NN1CC=CN=C1c1cncnc1. The van der Waals surface area contributed by atoms with Gasteiger partial charge >= 0.3 is 0 Å². The maximum atomic E-state index is 12.9. The van der Waals surface area contributed by atoms with Crippen molar-refractivity contribution in [2.45, 2.75) is 26.2 Å². The zero-order valence-corrected chi connectivity index (χ0v) is 19.3. The maximum Gasteiger partial charge on any atom is 0.255 e. The Kier molecular flexibility index (Phi) is 6.37. The second kappa shape index (κ2) is 9.55. The highest BCUT2D eigenvalue weighted by Crippen LogP contribution is 2.25. The summed E-state index contributed by atoms with van der Waals surface area (Å²) in [6.07, 6.45) is 8.60. The Morgan fingerprint density at radius 2 is 1.94 bits per heavy atom. The number of rotatable bonds is 6. The first-order chi connectivity index (χ1) is 16.4. The van der Waals surface area contributed by atoms with Crippen LogP contribution < -0.4 is 10.7 Å². The van der Waals surface area contributed by atoms with Gasteiger partial charge in [0.2, 0.25) is 0 Å². The first-order valence-electron chi connectivity index (χ1n) is 10.8. The average molecular weight is 452 g/mol. The molecule has 0 fully saturated rings. The number of hydrazine groups is 1. The number of nitriles is 1. The molecule has 34 heavy (non-hydrogen) atoms. The molecule has 8 nitrogen and oxygen atoms in total. The van der Waals surface area contributed by atoms with Crippen LogP contribution in [0.25, 0.3) is 0 Å². The topological polar surface area (TPSA) is 106 Å². The molecule has 2 N–H and O–H groups in total. The summed E-state index contributed by atoms with van der Waals surface area (Å²) < 4.78 is 0. The van der Waals surface area contributed by atoms with E-state index in [1.165, 1.54) is 6.33 Å². The van der Waals surface area contributed by atoms with E-state index in [9.17, 15) is 10.1 Å². The summed E-state index contributed by atoms with van der Waals surface area (Å²) in [5.41, 5.74) is 7.29. The van der Waals surface area contributed by atoms with Crippen LogP contribution in [0.3, 0.4) is 0 Å². The van der Waals surface area contributed by atoms with Crippen LogP contribution in [-0.2, 0) is 5.41 Å². The highest BCUT2D eigenvalue weighted by atomic mass is 16.1. The van der Waals surface area contributed by atoms with Gasteiger partial charge in [-0.15, -0.1) is 0 Å². The van der Waals surface area contributed by atoms with Gasteiger partial charge in [0.25, 0.3) is 5.91 Å². The summed E-state index contributed by atoms with van der Waals surface area (Å²) in [6, 6.07) is 15.1. The Balaban J connectivity index is 1.53. The van der Waals surface area contributed by atoms with E-state index in [0.717, 1.165) is 22.4 Å². The van der Waals surface area contributed by atoms with Gasteiger partial charge in [0.05, 0.1) is 29.3 Å². The monoisotopic (exact) mass is 451 g/mol. The summed E-state index contributed by atoms with van der Waals surface area (Å²) in [5.74, 6) is 0.462. The number of nitrogens with zero attached hydrogens (tertiary/aromatic N) is 5. The number of carbonyl (C=O) groups excluding carboxylic acids is 1. The number of aryl methyl sites for hydroxylation is 1. The highest BCUT2D eigenvalue weighted by Gasteiger charge is 2.21. The summed E-state index contributed by atoms with van der Waals surface area (Å²) in [6.45, 7) is 6.25. The predicted octanol–water partition coefficient (Wildman–Crippen LogP) is 4.44. The van der Waals surface area contributed by atoms with Crippen LogP contribution >= 0.6 is 0 Å². The number of nitrogens with one attached hydrogen (secondary N) is 2. The molecule has 0 saturated carbocycles. The molecule has 1 aromatic heterocycles. The van der Waals surface area contributed by atoms with Crippen LogP contribution in [0.5, 0.6) is 0 Å². The number of amidine groups is 1. The van der Waals surface area contributed by atoms with Crippen LogP contribution in [0, 0.1) is 18.3 Å². The van der Waals surface area contributed by atoms with Crippen molar-refractivity contribution >= 4 is 23.1 Å². The Labute approximate surface area is 198 Å². The molecule has 170 valence electrons. The van der Waals surface area contributed by atoms with E-state index in [1.54, 1.807) is 36.8 Å². The normalized spacial score (nSPS) is 13.1. The standard InChI is InChI=1S/C26H25N7O/c1-18-8-9-22(31-25(34)19-6-4-7-21(12-19)26(2,3)16-27)13-23(18)32-33-11-5-10-30-24(33)20-14-28-17-29-15-20/h4-10,12-15,17,32H,11H2,1-3H3,(H,31,34). The Morgan fingerprint density at radius 3 is 2.71 bits per heavy atom. The number of aromatic nitrogens is 2. The average Bonchev–Trinajstić information content (AvgIpc) is 2.87. The van der Waals surface area contributed by atoms with Gasteiger partial charge < -0.3 is 5.32 Å². The Bertz CT molecular complexity index is 1310. The molecule has 0 aliphatic carbocycles. The molecule has 8 heteroatoms. The molecule has 0 atom stereocenters. The molecule has 1 amide bonds. The van der Waals surface area contributed by atoms with Crippen LogP contribution in [-0.4, -0.2) is 33.3 Å². The number of hydrogen-bond donors (Lipinski definition) is 2. The Hall–Kier alpha value is -4.51. The number of anilines is 2. The van der Waals surface area contributed by atoms with E-state index in [-0.39, 0.29) is 5.91 Å². The molecular formula is C26H25N7O. The minimum Gasteiger partial charge on any atom is -0.322 e. The lowest BCUT2D eigenvalue weighted by atomic mass is 9.85. The van der Waals surface area contributed by atoms with Crippen LogP contribution in [0.2, 0.25) is 0 Å². The van der Waals surface area contributed by atoms with Gasteiger partial charge in [-0.3, -0.25) is 15.2 Å². The Morgan fingerprint density at radius 1 is 1.15 bits per heavy atom. The van der Waals surface area contributed by atoms with Crippen LogP contribution in [0.4, 0.5) is 11.4 Å². The van der Waals surface area contributed by atoms with Crippen molar-refractivity contribution in [3.63, 3.8) is 0 Å². The molecule has 0 spiro atoms. The number of benzene rings is 2. The van der Waals surface area contributed by atoms with E-state index in [1.807, 2.05) is 56.1 Å². The third-order valence-corrected chi connectivity index (χ3v) is 5.54. The summed E-state index contributed by atoms with van der Waals surface area (Å²) in [7, 11) is 0. The van der Waals surface area contributed by atoms with Gasteiger partial charge in [0, 0.05) is 29.8 Å². The summed E-state index contributed by atoms with van der Waals surface area (Å²) in [5, 5.41) is 14.3. The summed E-state index contributed by atoms with van der Waals surface area (Å²) >= 11 is 0. The molecule has 1 aliphatic heterocycles. The van der Waals surface area contributed by atoms with Gasteiger partial charge in [-0.1, -0.05) is 18.2 Å². The molecule has 2 aromatic carbocycles. The first kappa shape index (κ1) is 22.7. The zero-order valence-electron chi connectivity index (χ0n) is 19.3. The lowest BCUT2D eigenvalue weighted by molar-refractivity contribution is 0.102. The number of carbonyl (C=O) groups is 1. The maximum absolute atomic E-state index is 12.9. The van der Waals surface area contributed by atoms with Crippen molar-refractivity contribution < 1.29 is 4.79 Å². The first-order valence-corrected chi connectivity index (χ1v) is 10.8. The second-order valence-corrected chi connectivity index (χ2v) is 8.49. The van der Waals surface area contributed by atoms with Crippen molar-refractivity contribution in [2.24, 2.45) is 4.99 Å². The van der Waals surface area contributed by atoms with Crippen LogP contribution in [0.1, 0.15) is 40.9 Å². The van der Waals surface area contributed by atoms with E-state index >= 15 is 0 Å².